The molecule has 0 aromatic heterocycles. The highest BCUT2D eigenvalue weighted by molar-refractivity contribution is 5.22. The van der Waals surface area contributed by atoms with Crippen LogP contribution in [0.2, 0.25) is 0 Å². The number of hydrogen-bond donors (Lipinski definition) is 1. The quantitative estimate of drug-likeness (QED) is 0.827. The molecule has 0 amide bonds. The maximum absolute atomic E-state index is 5.17. The monoisotopic (exact) mass is 274 g/mol. The zero-order valence-electron chi connectivity index (χ0n) is 12.5. The van der Waals surface area contributed by atoms with Gasteiger partial charge < -0.3 is 10.1 Å². The Bertz CT molecular complexity index is 408. The predicted molar refractivity (Wildman–Crippen MR) is 81.6 cm³/mol. The normalized spacial score (nSPS) is 22.6. The summed E-state index contributed by atoms with van der Waals surface area (Å²) >= 11 is 0. The first-order valence-electron chi connectivity index (χ1n) is 7.89. The van der Waals surface area contributed by atoms with Gasteiger partial charge in [0.1, 0.15) is 0 Å². The molecule has 20 heavy (non-hydrogen) atoms. The number of nitrogens with one attached hydrogen (secondary N) is 1. The minimum atomic E-state index is 0.707. The molecule has 0 bridgehead atoms. The zero-order chi connectivity index (χ0) is 13.8. The Morgan fingerprint density at radius 3 is 2.50 bits per heavy atom. The molecule has 1 N–H and O–H groups in total. The number of hydrogen-bond acceptors (Lipinski definition) is 3. The van der Waals surface area contributed by atoms with Crippen LogP contribution in [0.15, 0.2) is 24.3 Å². The van der Waals surface area contributed by atoms with Crippen molar-refractivity contribution in [2.45, 2.75) is 50.9 Å². The van der Waals surface area contributed by atoms with E-state index in [9.17, 15) is 0 Å². The molecule has 1 atom stereocenters. The van der Waals surface area contributed by atoms with E-state index in [-0.39, 0.29) is 0 Å². The molecule has 1 aliphatic heterocycles. The second kappa shape index (κ2) is 6.70. The summed E-state index contributed by atoms with van der Waals surface area (Å²) in [5.41, 5.74) is 2.68. The highest BCUT2D eigenvalue weighted by Gasteiger charge is 2.31. The van der Waals surface area contributed by atoms with Gasteiger partial charge in [-0.15, -0.1) is 0 Å². The number of ether oxygens (including phenoxy) is 1. The van der Waals surface area contributed by atoms with Crippen LogP contribution in [-0.4, -0.2) is 37.2 Å². The molecule has 3 heteroatoms. The topological polar surface area (TPSA) is 24.5 Å². The third kappa shape index (κ3) is 3.81. The Morgan fingerprint density at radius 1 is 1.15 bits per heavy atom. The molecule has 1 saturated heterocycles. The minimum Gasteiger partial charge on any atom is -0.380 e. The lowest BCUT2D eigenvalue weighted by molar-refractivity contribution is 0.185. The van der Waals surface area contributed by atoms with E-state index in [2.05, 4.69) is 34.5 Å². The molecule has 1 aliphatic carbocycles. The average molecular weight is 274 g/mol. The molecule has 0 spiro atoms. The van der Waals surface area contributed by atoms with Gasteiger partial charge in [0.05, 0.1) is 6.61 Å². The lowest BCUT2D eigenvalue weighted by atomic mass is 10.1. The van der Waals surface area contributed by atoms with Crippen molar-refractivity contribution in [3.8, 4) is 0 Å². The Hall–Kier alpha value is -0.900. The fourth-order valence-electron chi connectivity index (χ4n) is 3.12. The van der Waals surface area contributed by atoms with Crippen LogP contribution in [0.5, 0.6) is 0 Å². The maximum Gasteiger partial charge on any atom is 0.0713 e. The van der Waals surface area contributed by atoms with Gasteiger partial charge in [-0.2, -0.15) is 0 Å². The Balaban J connectivity index is 1.57. The van der Waals surface area contributed by atoms with E-state index in [1.165, 1.54) is 49.9 Å². The van der Waals surface area contributed by atoms with Crippen molar-refractivity contribution in [3.63, 3.8) is 0 Å². The van der Waals surface area contributed by atoms with E-state index < -0.39 is 0 Å². The van der Waals surface area contributed by atoms with Gasteiger partial charge >= 0.3 is 0 Å². The van der Waals surface area contributed by atoms with Crippen LogP contribution >= 0.6 is 0 Å². The summed E-state index contributed by atoms with van der Waals surface area (Å²) in [5, 5.41) is 3.62. The van der Waals surface area contributed by atoms with Gasteiger partial charge in [-0.05, 0) is 43.4 Å². The second-order valence-corrected chi connectivity index (χ2v) is 6.20. The fourth-order valence-corrected chi connectivity index (χ4v) is 3.12. The largest absolute Gasteiger partial charge is 0.380 e. The van der Waals surface area contributed by atoms with Crippen LogP contribution in [0.25, 0.3) is 0 Å². The summed E-state index contributed by atoms with van der Waals surface area (Å²) in [4.78, 5) is 2.67. The molecule has 1 aromatic rings. The Kier molecular flexibility index (Phi) is 4.71. The molecule has 3 nitrogen and oxygen atoms in total. The van der Waals surface area contributed by atoms with Crippen LogP contribution in [0.4, 0.5) is 0 Å². The smallest absolute Gasteiger partial charge is 0.0713 e. The van der Waals surface area contributed by atoms with Gasteiger partial charge in [-0.1, -0.05) is 24.3 Å². The summed E-state index contributed by atoms with van der Waals surface area (Å²) in [7, 11) is 1.75. The molecule has 0 radical (unpaired) electrons. The van der Waals surface area contributed by atoms with E-state index in [1.807, 2.05) is 0 Å². The summed E-state index contributed by atoms with van der Waals surface area (Å²) in [6.07, 6.45) is 5.45. The second-order valence-electron chi connectivity index (χ2n) is 6.20. The molecule has 1 heterocycles. The van der Waals surface area contributed by atoms with Gasteiger partial charge in [0.15, 0.2) is 0 Å². The molecule has 0 unspecified atom stereocenters. The van der Waals surface area contributed by atoms with Gasteiger partial charge in [-0.25, -0.2) is 0 Å². The zero-order valence-corrected chi connectivity index (χ0v) is 12.5. The van der Waals surface area contributed by atoms with Crippen molar-refractivity contribution >= 4 is 0 Å². The maximum atomic E-state index is 5.17. The Labute approximate surface area is 122 Å². The Morgan fingerprint density at radius 2 is 1.90 bits per heavy atom. The summed E-state index contributed by atoms with van der Waals surface area (Å²) in [6, 6.07) is 10.4. The number of methoxy groups -OCH3 is 1. The first-order valence-corrected chi connectivity index (χ1v) is 7.89. The molecular weight excluding hydrogens is 248 g/mol. The van der Waals surface area contributed by atoms with Crippen LogP contribution in [0, 0.1) is 0 Å². The molecule has 1 aromatic carbocycles. The van der Waals surface area contributed by atoms with Crippen LogP contribution in [0.1, 0.15) is 36.8 Å². The summed E-state index contributed by atoms with van der Waals surface area (Å²) < 4.78 is 5.17. The van der Waals surface area contributed by atoms with Gasteiger partial charge in [-0.3, -0.25) is 4.90 Å². The van der Waals surface area contributed by atoms with Crippen molar-refractivity contribution < 1.29 is 4.74 Å². The van der Waals surface area contributed by atoms with Crippen molar-refractivity contribution in [3.05, 3.63) is 35.4 Å². The molecular formula is C17H26N2O. The number of benzene rings is 1. The minimum absolute atomic E-state index is 0.707. The summed E-state index contributed by atoms with van der Waals surface area (Å²) in [6.45, 7) is 4.22. The fraction of sp³-hybridized carbons (Fsp3) is 0.647. The molecule has 3 rings (SSSR count). The third-order valence-electron chi connectivity index (χ3n) is 4.40. The van der Waals surface area contributed by atoms with Crippen LogP contribution in [-0.2, 0) is 17.9 Å². The lowest BCUT2D eigenvalue weighted by Gasteiger charge is -2.25. The van der Waals surface area contributed by atoms with E-state index in [0.29, 0.717) is 12.6 Å². The van der Waals surface area contributed by atoms with Crippen molar-refractivity contribution in [2.75, 3.05) is 20.2 Å². The van der Waals surface area contributed by atoms with Gasteiger partial charge in [0, 0.05) is 32.3 Å². The SMILES string of the molecule is COCc1ccc(CN(C[C@H]2CCCN2)C2CC2)cc1. The van der Waals surface area contributed by atoms with Gasteiger partial charge in [0.25, 0.3) is 0 Å². The van der Waals surface area contributed by atoms with E-state index in [4.69, 9.17) is 4.74 Å². The number of nitrogens with zero attached hydrogens (tertiary/aromatic N) is 1. The van der Waals surface area contributed by atoms with E-state index in [0.717, 1.165) is 12.6 Å². The molecule has 110 valence electrons. The van der Waals surface area contributed by atoms with Gasteiger partial charge in [0.2, 0.25) is 0 Å². The lowest BCUT2D eigenvalue weighted by Crippen LogP contribution is -2.38. The van der Waals surface area contributed by atoms with E-state index in [1.54, 1.807) is 7.11 Å². The predicted octanol–water partition coefficient (Wildman–Crippen LogP) is 2.55. The first-order chi connectivity index (χ1) is 9.85. The summed E-state index contributed by atoms with van der Waals surface area (Å²) in [5.74, 6) is 0. The standard InChI is InChI=1S/C17H26N2O/c1-20-13-15-6-4-14(5-7-15)11-19(17-8-9-17)12-16-3-2-10-18-16/h4-7,16-18H,2-3,8-13H2,1H3/t16-/m1/s1. The highest BCUT2D eigenvalue weighted by Crippen LogP contribution is 2.29. The average Bonchev–Trinajstić information content (AvgIpc) is 3.19. The highest BCUT2D eigenvalue weighted by atomic mass is 16.5. The molecule has 2 aliphatic rings. The van der Waals surface area contributed by atoms with Crippen LogP contribution in [0.3, 0.4) is 0 Å². The van der Waals surface area contributed by atoms with E-state index >= 15 is 0 Å². The first kappa shape index (κ1) is 14.1. The molecule has 1 saturated carbocycles. The van der Waals surface area contributed by atoms with Crippen molar-refractivity contribution in [1.82, 2.24) is 10.2 Å². The van der Waals surface area contributed by atoms with Crippen molar-refractivity contribution in [2.24, 2.45) is 0 Å². The van der Waals surface area contributed by atoms with Crippen molar-refractivity contribution in [1.29, 1.82) is 0 Å². The number of rotatable bonds is 7. The third-order valence-corrected chi connectivity index (χ3v) is 4.40. The molecule has 2 fully saturated rings. The van der Waals surface area contributed by atoms with Crippen LogP contribution < -0.4 is 5.32 Å².